The van der Waals surface area contributed by atoms with Gasteiger partial charge in [0.1, 0.15) is 22.9 Å². The molecule has 11 nitrogen and oxygen atoms in total. The van der Waals surface area contributed by atoms with Crippen LogP contribution in [-0.2, 0) is 11.3 Å². The molecule has 0 radical (unpaired) electrons. The van der Waals surface area contributed by atoms with Gasteiger partial charge >= 0.3 is 12.1 Å². The number of aliphatic carboxylic acids is 1. The van der Waals surface area contributed by atoms with Crippen molar-refractivity contribution in [3.8, 4) is 17.2 Å². The van der Waals surface area contributed by atoms with Crippen molar-refractivity contribution in [3.05, 3.63) is 106 Å². The number of benzene rings is 2. The average Bonchev–Trinajstić information content (AvgIpc) is 2.96. The predicted octanol–water partition coefficient (Wildman–Crippen LogP) is 3.82. The van der Waals surface area contributed by atoms with Gasteiger partial charge in [0, 0.05) is 49.5 Å². The Kier molecular flexibility index (Phi) is 11.1. The fraction of sp³-hybridized carbons (Fsp3) is 0.143. The number of alkyl halides is 3. The van der Waals surface area contributed by atoms with E-state index < -0.39 is 35.2 Å². The molecule has 0 atom stereocenters. The van der Waals surface area contributed by atoms with Crippen LogP contribution in [0, 0.1) is 11.6 Å². The molecule has 0 bridgehead atoms. The lowest BCUT2D eigenvalue weighted by Crippen LogP contribution is -2.27. The Balaban J connectivity index is 0.000000676. The topological polar surface area (TPSA) is 175 Å². The Bertz CT molecular complexity index is 1680. The van der Waals surface area contributed by atoms with E-state index in [4.69, 9.17) is 26.1 Å². The second-order valence-electron chi connectivity index (χ2n) is 8.72. The number of ether oxygens (including phenoxy) is 1. The average molecular weight is 621 g/mol. The number of hydrogen-bond donors (Lipinski definition) is 5. The molecule has 2 heterocycles. The number of anilines is 2. The first-order valence-electron chi connectivity index (χ1n) is 12.5. The van der Waals surface area contributed by atoms with Crippen molar-refractivity contribution in [2.75, 3.05) is 24.1 Å². The van der Waals surface area contributed by atoms with Gasteiger partial charge in [-0.3, -0.25) is 14.2 Å². The van der Waals surface area contributed by atoms with E-state index >= 15 is 0 Å². The molecule has 0 unspecified atom stereocenters. The number of carbonyl (C=O) groups is 2. The molecular weight excluding hydrogens is 595 g/mol. The normalized spacial score (nSPS) is 10.9. The highest BCUT2D eigenvalue weighted by Gasteiger charge is 2.38. The lowest BCUT2D eigenvalue weighted by Gasteiger charge is -2.14. The zero-order chi connectivity index (χ0) is 32.4. The maximum Gasteiger partial charge on any atom is 0.490 e. The second-order valence-corrected chi connectivity index (χ2v) is 8.72. The first kappa shape index (κ1) is 33.2. The molecular formula is C28H25F5N6O5. The van der Waals surface area contributed by atoms with Crippen LogP contribution in [0.3, 0.4) is 0 Å². The molecule has 7 N–H and O–H groups in total. The van der Waals surface area contributed by atoms with Crippen LogP contribution >= 0.6 is 0 Å². The third kappa shape index (κ3) is 8.83. The van der Waals surface area contributed by atoms with E-state index in [-0.39, 0.29) is 22.8 Å². The molecule has 16 heteroatoms. The Morgan fingerprint density at radius 2 is 1.70 bits per heavy atom. The van der Waals surface area contributed by atoms with Gasteiger partial charge in [-0.15, -0.1) is 0 Å². The van der Waals surface area contributed by atoms with Gasteiger partial charge in [-0.1, -0.05) is 0 Å². The Labute approximate surface area is 245 Å². The van der Waals surface area contributed by atoms with Crippen molar-refractivity contribution in [1.29, 1.82) is 0 Å². The van der Waals surface area contributed by atoms with Crippen molar-refractivity contribution in [2.45, 2.75) is 12.7 Å². The summed E-state index contributed by atoms with van der Waals surface area (Å²) >= 11 is 0. The lowest BCUT2D eigenvalue weighted by atomic mass is 10.2. The second kappa shape index (κ2) is 14.7. The van der Waals surface area contributed by atoms with Gasteiger partial charge in [-0.25, -0.2) is 18.6 Å². The molecule has 2 aromatic carbocycles. The number of carbonyl (C=O) groups excluding carboxylic acids is 1. The number of amides is 1. The summed E-state index contributed by atoms with van der Waals surface area (Å²) in [5.41, 5.74) is 11.7. The van der Waals surface area contributed by atoms with E-state index in [1.807, 2.05) is 0 Å². The molecule has 0 fully saturated rings. The number of carboxylic acids is 1. The number of hydrogen-bond acceptors (Lipinski definition) is 8. The lowest BCUT2D eigenvalue weighted by molar-refractivity contribution is -0.192. The van der Waals surface area contributed by atoms with Crippen LogP contribution in [-0.4, -0.2) is 45.8 Å². The van der Waals surface area contributed by atoms with Gasteiger partial charge < -0.3 is 31.9 Å². The number of nitrogen functional groups attached to an aromatic ring is 1. The fourth-order valence-corrected chi connectivity index (χ4v) is 3.53. The van der Waals surface area contributed by atoms with E-state index in [2.05, 4.69) is 15.6 Å². The maximum atomic E-state index is 14.9. The summed E-state index contributed by atoms with van der Waals surface area (Å²) in [6.07, 6.45) is -2.17. The van der Waals surface area contributed by atoms with E-state index in [9.17, 15) is 31.5 Å². The quantitative estimate of drug-likeness (QED) is 0.138. The summed E-state index contributed by atoms with van der Waals surface area (Å²) in [6, 6.07) is 13.5. The van der Waals surface area contributed by atoms with E-state index in [0.717, 1.165) is 6.07 Å². The molecule has 4 rings (SSSR count). The molecule has 0 saturated heterocycles. The highest BCUT2D eigenvalue weighted by atomic mass is 19.4. The van der Waals surface area contributed by atoms with Crippen LogP contribution < -0.4 is 32.4 Å². The number of carboxylic acid groups (broad SMARTS) is 1. The van der Waals surface area contributed by atoms with Gasteiger partial charge in [0.25, 0.3) is 11.5 Å². The van der Waals surface area contributed by atoms with Gasteiger partial charge in [0.05, 0.1) is 5.56 Å². The zero-order valence-corrected chi connectivity index (χ0v) is 22.6. The van der Waals surface area contributed by atoms with Crippen molar-refractivity contribution in [3.63, 3.8) is 0 Å². The fourth-order valence-electron chi connectivity index (χ4n) is 3.53. The molecule has 1 amide bonds. The number of nitrogens with one attached hydrogen (secondary N) is 2. The Morgan fingerprint density at radius 3 is 2.32 bits per heavy atom. The van der Waals surface area contributed by atoms with E-state index in [0.29, 0.717) is 36.6 Å². The van der Waals surface area contributed by atoms with Crippen LogP contribution in [0.5, 0.6) is 11.5 Å². The third-order valence-electron chi connectivity index (χ3n) is 5.62. The molecule has 0 aliphatic rings. The number of aromatic nitrogens is 2. The number of pyridine rings is 2. The van der Waals surface area contributed by atoms with Gasteiger partial charge in [0.2, 0.25) is 0 Å². The maximum absolute atomic E-state index is 14.9. The van der Waals surface area contributed by atoms with Crippen molar-refractivity contribution in [1.82, 2.24) is 14.9 Å². The van der Waals surface area contributed by atoms with Crippen LogP contribution in [0.1, 0.15) is 15.9 Å². The summed E-state index contributed by atoms with van der Waals surface area (Å²) in [7, 11) is 0. The molecule has 44 heavy (non-hydrogen) atoms. The summed E-state index contributed by atoms with van der Waals surface area (Å²) in [6.45, 7) is 1.31. The minimum atomic E-state index is -5.08. The van der Waals surface area contributed by atoms with Crippen LogP contribution in [0.2, 0.25) is 0 Å². The number of halogens is 5. The summed E-state index contributed by atoms with van der Waals surface area (Å²) in [5, 5.41) is 12.7. The first-order valence-corrected chi connectivity index (χ1v) is 12.5. The van der Waals surface area contributed by atoms with Crippen LogP contribution in [0.25, 0.3) is 5.69 Å². The third-order valence-corrected chi connectivity index (χ3v) is 5.62. The van der Waals surface area contributed by atoms with E-state index in [1.165, 1.54) is 65.5 Å². The highest BCUT2D eigenvalue weighted by Crippen LogP contribution is 2.31. The van der Waals surface area contributed by atoms with Crippen LogP contribution in [0.4, 0.5) is 33.5 Å². The molecule has 0 aliphatic carbocycles. The molecule has 232 valence electrons. The largest absolute Gasteiger partial charge is 0.490 e. The van der Waals surface area contributed by atoms with Gasteiger partial charge in [-0.05, 0) is 54.6 Å². The zero-order valence-electron chi connectivity index (χ0n) is 22.6. The van der Waals surface area contributed by atoms with Crippen molar-refractivity contribution >= 4 is 23.4 Å². The van der Waals surface area contributed by atoms with Crippen LogP contribution in [0.15, 0.2) is 77.9 Å². The standard InChI is InChI=1S/C26H24F2N6O3.C2HF3O2/c27-16-3-6-18(7-4-16)34-13-1-2-19(26(34)36)25(35)33-17-5-8-23(21(28)14-17)37-22-9-11-32-24(30)20(22)15-31-12-10-29;3-2(4,5)1(6)7/h1-9,11,13-14,31H,10,12,15,29H2,(H2,30,32)(H,33,35);(H,6,7). The molecule has 4 aromatic rings. The smallest absolute Gasteiger partial charge is 0.475 e. The Hall–Kier alpha value is -5.35. The van der Waals surface area contributed by atoms with Crippen molar-refractivity contribution < 1.29 is 41.4 Å². The van der Waals surface area contributed by atoms with Crippen molar-refractivity contribution in [2.24, 2.45) is 5.73 Å². The summed E-state index contributed by atoms with van der Waals surface area (Å²) in [4.78, 5) is 38.6. The molecule has 0 spiro atoms. The number of rotatable bonds is 9. The number of nitrogens with zero attached hydrogens (tertiary/aromatic N) is 2. The minimum absolute atomic E-state index is 0.0953. The minimum Gasteiger partial charge on any atom is -0.475 e. The van der Waals surface area contributed by atoms with Gasteiger partial charge in [0.15, 0.2) is 11.6 Å². The monoisotopic (exact) mass is 620 g/mol. The molecule has 0 aliphatic heterocycles. The molecule has 0 saturated carbocycles. The summed E-state index contributed by atoms with van der Waals surface area (Å²) in [5.74, 6) is -4.23. The SMILES string of the molecule is NCCNCc1c(Oc2ccc(NC(=O)c3cccn(-c4ccc(F)cc4)c3=O)cc2F)ccnc1N.O=C(O)C(F)(F)F. The summed E-state index contributed by atoms with van der Waals surface area (Å²) < 4.78 is 66.8. The van der Waals surface area contributed by atoms with Gasteiger partial charge in [-0.2, -0.15) is 13.2 Å². The first-order chi connectivity index (χ1) is 20.8. The predicted molar refractivity (Wildman–Crippen MR) is 150 cm³/mol. The number of nitrogens with two attached hydrogens (primary N) is 2. The Morgan fingerprint density at radius 1 is 1.02 bits per heavy atom. The molecule has 2 aromatic heterocycles. The van der Waals surface area contributed by atoms with E-state index in [1.54, 1.807) is 6.07 Å². The highest BCUT2D eigenvalue weighted by molar-refractivity contribution is 6.04.